The maximum Gasteiger partial charge on any atom is 0.129 e. The lowest BCUT2D eigenvalue weighted by molar-refractivity contribution is 0.520. The molecule has 1 aromatic heterocycles. The van der Waals surface area contributed by atoms with E-state index in [9.17, 15) is 8.78 Å². The summed E-state index contributed by atoms with van der Waals surface area (Å²) in [6.45, 7) is 4.50. The van der Waals surface area contributed by atoms with Crippen molar-refractivity contribution in [2.24, 2.45) is 5.73 Å². The zero-order valence-corrected chi connectivity index (χ0v) is 11.0. The van der Waals surface area contributed by atoms with Gasteiger partial charge in [0.05, 0.1) is 17.4 Å². The van der Waals surface area contributed by atoms with E-state index in [0.29, 0.717) is 6.54 Å². The van der Waals surface area contributed by atoms with Gasteiger partial charge in [-0.2, -0.15) is 5.10 Å². The predicted molar refractivity (Wildman–Crippen MR) is 69.6 cm³/mol. The van der Waals surface area contributed by atoms with Gasteiger partial charge in [-0.1, -0.05) is 6.07 Å². The van der Waals surface area contributed by atoms with Crippen LogP contribution < -0.4 is 5.73 Å². The predicted octanol–water partition coefficient (Wildman–Crippen LogP) is 2.73. The van der Waals surface area contributed by atoms with Gasteiger partial charge in [0.2, 0.25) is 0 Å². The summed E-state index contributed by atoms with van der Waals surface area (Å²) >= 11 is 0. The first kappa shape index (κ1) is 13.7. The zero-order chi connectivity index (χ0) is 14.0. The quantitative estimate of drug-likeness (QED) is 0.923. The number of rotatable bonds is 4. The number of hydrogen-bond acceptors (Lipinski definition) is 2. The monoisotopic (exact) mass is 265 g/mol. The summed E-state index contributed by atoms with van der Waals surface area (Å²) in [4.78, 5) is 0. The highest BCUT2D eigenvalue weighted by Crippen LogP contribution is 2.21. The smallest absolute Gasteiger partial charge is 0.129 e. The van der Waals surface area contributed by atoms with Crippen LogP contribution in [0.25, 0.3) is 0 Å². The lowest BCUT2D eigenvalue weighted by Crippen LogP contribution is -2.19. The molecular weight excluding hydrogens is 248 g/mol. The first-order valence-corrected chi connectivity index (χ1v) is 6.25. The Morgan fingerprint density at radius 2 is 1.95 bits per heavy atom. The second kappa shape index (κ2) is 5.48. The summed E-state index contributed by atoms with van der Waals surface area (Å²) in [6.07, 6.45) is 0.115. The van der Waals surface area contributed by atoms with Gasteiger partial charge in [0.1, 0.15) is 11.6 Å². The standard InChI is InChI=1S/C14H17F2N3/c1-3-19-14(7-9(2)18-19)13(17)8-10-11(15)5-4-6-12(10)16/h4-7,13H,3,8,17H2,1-2H3. The fraction of sp³-hybridized carbons (Fsp3) is 0.357. The Morgan fingerprint density at radius 1 is 1.32 bits per heavy atom. The minimum Gasteiger partial charge on any atom is -0.322 e. The van der Waals surface area contributed by atoms with Crippen molar-refractivity contribution in [1.29, 1.82) is 0 Å². The second-order valence-corrected chi connectivity index (χ2v) is 4.54. The lowest BCUT2D eigenvalue weighted by atomic mass is 10.0. The van der Waals surface area contributed by atoms with Gasteiger partial charge in [0.15, 0.2) is 0 Å². The van der Waals surface area contributed by atoms with E-state index >= 15 is 0 Å². The van der Waals surface area contributed by atoms with Crippen molar-refractivity contribution in [3.05, 3.63) is 52.9 Å². The van der Waals surface area contributed by atoms with Crippen molar-refractivity contribution in [1.82, 2.24) is 9.78 Å². The average molecular weight is 265 g/mol. The summed E-state index contributed by atoms with van der Waals surface area (Å²) in [5.41, 5.74) is 7.73. The molecule has 0 bridgehead atoms. The summed E-state index contributed by atoms with van der Waals surface area (Å²) in [5.74, 6) is -1.12. The SMILES string of the molecule is CCn1nc(C)cc1C(N)Cc1c(F)cccc1F. The van der Waals surface area contributed by atoms with Crippen molar-refractivity contribution in [2.75, 3.05) is 0 Å². The van der Waals surface area contributed by atoms with E-state index in [1.807, 2.05) is 19.9 Å². The van der Waals surface area contributed by atoms with Crippen LogP contribution in [0.15, 0.2) is 24.3 Å². The third-order valence-corrected chi connectivity index (χ3v) is 3.10. The number of halogens is 2. The molecule has 0 saturated carbocycles. The Labute approximate surface area is 111 Å². The Morgan fingerprint density at radius 3 is 2.53 bits per heavy atom. The van der Waals surface area contributed by atoms with Crippen LogP contribution in [-0.2, 0) is 13.0 Å². The number of hydrogen-bond donors (Lipinski definition) is 1. The van der Waals surface area contributed by atoms with Crippen LogP contribution in [-0.4, -0.2) is 9.78 Å². The van der Waals surface area contributed by atoms with Gasteiger partial charge >= 0.3 is 0 Å². The topological polar surface area (TPSA) is 43.8 Å². The maximum atomic E-state index is 13.6. The summed E-state index contributed by atoms with van der Waals surface area (Å²) in [5, 5.41) is 4.29. The Balaban J connectivity index is 2.28. The number of nitrogens with zero attached hydrogens (tertiary/aromatic N) is 2. The highest BCUT2D eigenvalue weighted by molar-refractivity contribution is 5.23. The van der Waals surface area contributed by atoms with E-state index in [1.54, 1.807) is 4.68 Å². The van der Waals surface area contributed by atoms with Gasteiger partial charge in [-0.25, -0.2) is 8.78 Å². The fourth-order valence-corrected chi connectivity index (χ4v) is 2.17. The summed E-state index contributed by atoms with van der Waals surface area (Å²) in [6, 6.07) is 5.21. The number of aromatic nitrogens is 2. The van der Waals surface area contributed by atoms with E-state index in [4.69, 9.17) is 5.73 Å². The van der Waals surface area contributed by atoms with E-state index in [0.717, 1.165) is 11.4 Å². The van der Waals surface area contributed by atoms with Crippen LogP contribution in [0, 0.1) is 18.6 Å². The molecule has 0 aliphatic rings. The molecule has 0 radical (unpaired) electrons. The Hall–Kier alpha value is -1.75. The molecule has 2 N–H and O–H groups in total. The normalized spacial score (nSPS) is 12.7. The molecule has 2 rings (SSSR count). The lowest BCUT2D eigenvalue weighted by Gasteiger charge is -2.14. The van der Waals surface area contributed by atoms with E-state index in [1.165, 1.54) is 18.2 Å². The summed E-state index contributed by atoms with van der Waals surface area (Å²) in [7, 11) is 0. The van der Waals surface area contributed by atoms with Crippen molar-refractivity contribution < 1.29 is 8.78 Å². The van der Waals surface area contributed by atoms with Crippen molar-refractivity contribution in [2.45, 2.75) is 32.9 Å². The van der Waals surface area contributed by atoms with Crippen LogP contribution >= 0.6 is 0 Å². The largest absolute Gasteiger partial charge is 0.322 e. The van der Waals surface area contributed by atoms with Gasteiger partial charge in [0.25, 0.3) is 0 Å². The molecule has 2 aromatic rings. The molecule has 0 amide bonds. The van der Waals surface area contributed by atoms with Gasteiger partial charge < -0.3 is 5.73 Å². The van der Waals surface area contributed by atoms with Crippen LogP contribution in [0.4, 0.5) is 8.78 Å². The molecular formula is C14H17F2N3. The molecule has 5 heteroatoms. The maximum absolute atomic E-state index is 13.6. The van der Waals surface area contributed by atoms with Gasteiger partial charge in [-0.05, 0) is 38.5 Å². The molecule has 1 atom stereocenters. The zero-order valence-electron chi connectivity index (χ0n) is 11.0. The van der Waals surface area contributed by atoms with Crippen LogP contribution in [0.1, 0.15) is 29.9 Å². The van der Waals surface area contributed by atoms with Gasteiger partial charge in [0, 0.05) is 12.1 Å². The van der Waals surface area contributed by atoms with Crippen molar-refractivity contribution >= 4 is 0 Å². The molecule has 0 saturated heterocycles. The molecule has 1 aromatic carbocycles. The molecule has 0 aliphatic carbocycles. The van der Waals surface area contributed by atoms with Crippen molar-refractivity contribution in [3.8, 4) is 0 Å². The number of aryl methyl sites for hydroxylation is 2. The van der Waals surface area contributed by atoms with Gasteiger partial charge in [-0.15, -0.1) is 0 Å². The number of nitrogens with two attached hydrogens (primary N) is 1. The van der Waals surface area contributed by atoms with E-state index < -0.39 is 17.7 Å². The minimum absolute atomic E-state index is 0.0245. The molecule has 102 valence electrons. The third-order valence-electron chi connectivity index (χ3n) is 3.10. The minimum atomic E-state index is -0.560. The van der Waals surface area contributed by atoms with E-state index in [2.05, 4.69) is 5.10 Å². The Kier molecular flexibility index (Phi) is 3.95. The van der Waals surface area contributed by atoms with Crippen molar-refractivity contribution in [3.63, 3.8) is 0 Å². The van der Waals surface area contributed by atoms with Crippen LogP contribution in [0.3, 0.4) is 0 Å². The fourth-order valence-electron chi connectivity index (χ4n) is 2.17. The third kappa shape index (κ3) is 2.81. The average Bonchev–Trinajstić information content (AvgIpc) is 2.75. The second-order valence-electron chi connectivity index (χ2n) is 4.54. The highest BCUT2D eigenvalue weighted by Gasteiger charge is 2.17. The molecule has 1 heterocycles. The Bertz CT molecular complexity index is 558. The first-order valence-electron chi connectivity index (χ1n) is 6.25. The molecule has 3 nitrogen and oxygen atoms in total. The van der Waals surface area contributed by atoms with E-state index in [-0.39, 0.29) is 12.0 Å². The molecule has 0 fully saturated rings. The van der Waals surface area contributed by atoms with Crippen LogP contribution in [0.2, 0.25) is 0 Å². The molecule has 19 heavy (non-hydrogen) atoms. The van der Waals surface area contributed by atoms with Gasteiger partial charge in [-0.3, -0.25) is 4.68 Å². The van der Waals surface area contributed by atoms with Crippen LogP contribution in [0.5, 0.6) is 0 Å². The highest BCUT2D eigenvalue weighted by atomic mass is 19.1. The molecule has 0 spiro atoms. The molecule has 1 unspecified atom stereocenters. The number of benzene rings is 1. The molecule has 0 aliphatic heterocycles. The first-order chi connectivity index (χ1) is 9.02. The summed E-state index contributed by atoms with van der Waals surface area (Å²) < 4.78 is 29.0.